The van der Waals surface area contributed by atoms with Crippen molar-refractivity contribution in [2.75, 3.05) is 0 Å². The molecule has 0 radical (unpaired) electrons. The molecule has 0 bridgehead atoms. The van der Waals surface area contributed by atoms with Gasteiger partial charge in [-0.1, -0.05) is 12.1 Å². The highest BCUT2D eigenvalue weighted by molar-refractivity contribution is 7.85. The van der Waals surface area contributed by atoms with Crippen LogP contribution in [0.4, 0.5) is 0 Å². The van der Waals surface area contributed by atoms with E-state index >= 15 is 0 Å². The van der Waals surface area contributed by atoms with Crippen molar-refractivity contribution in [2.45, 2.75) is 4.90 Å². The fraction of sp³-hybridized carbons (Fsp3) is 0. The molecule has 6 nitrogen and oxygen atoms in total. The van der Waals surface area contributed by atoms with Crippen LogP contribution in [0.2, 0.25) is 0 Å². The van der Waals surface area contributed by atoms with Gasteiger partial charge in [-0.05, 0) is 48.6 Å². The Morgan fingerprint density at radius 3 is 2.32 bits per heavy atom. The summed E-state index contributed by atoms with van der Waals surface area (Å²) in [7, 11) is -4.28. The Kier molecular flexibility index (Phi) is 3.44. The number of hydrogen-bond acceptors (Lipinski definition) is 4. The van der Waals surface area contributed by atoms with Gasteiger partial charge >= 0.3 is 0 Å². The molecule has 1 heterocycles. The summed E-state index contributed by atoms with van der Waals surface area (Å²) in [5.74, 6) is 0. The fourth-order valence-corrected chi connectivity index (χ4v) is 2.94. The molecule has 3 rings (SSSR count). The maximum absolute atomic E-state index is 12.5. The zero-order chi connectivity index (χ0) is 15.9. The highest BCUT2D eigenvalue weighted by Gasteiger charge is 2.11. The monoisotopic (exact) mass is 334 g/mol. The van der Waals surface area contributed by atoms with Crippen LogP contribution in [0.15, 0.2) is 58.2 Å². The molecule has 2 N–H and O–H groups in total. The highest BCUT2D eigenvalue weighted by atomic mass is 32.2. The van der Waals surface area contributed by atoms with E-state index in [-0.39, 0.29) is 15.2 Å². The molecule has 0 aliphatic carbocycles. The van der Waals surface area contributed by atoms with Crippen LogP contribution in [-0.2, 0) is 10.1 Å². The van der Waals surface area contributed by atoms with Gasteiger partial charge in [0.1, 0.15) is 0 Å². The van der Waals surface area contributed by atoms with Crippen LogP contribution < -0.4 is 5.56 Å². The molecule has 3 aromatic rings. The quantitative estimate of drug-likeness (QED) is 0.554. The molecule has 2 aromatic carbocycles. The molecule has 8 heteroatoms. The zero-order valence-corrected chi connectivity index (χ0v) is 12.7. The summed E-state index contributed by atoms with van der Waals surface area (Å²) in [4.78, 5) is 15.2. The Morgan fingerprint density at radius 1 is 1.05 bits per heavy atom. The van der Waals surface area contributed by atoms with Crippen molar-refractivity contribution >= 4 is 33.2 Å². The second kappa shape index (κ2) is 5.16. The molecular formula is C14H10N2O4S2. The van der Waals surface area contributed by atoms with Crippen molar-refractivity contribution in [3.8, 4) is 5.69 Å². The summed E-state index contributed by atoms with van der Waals surface area (Å²) in [5.41, 5.74) is 0.728. The second-order valence-corrected chi connectivity index (χ2v) is 6.39. The molecule has 0 atom stereocenters. The number of hydrogen-bond donors (Lipinski definition) is 2. The van der Waals surface area contributed by atoms with E-state index in [9.17, 15) is 13.2 Å². The van der Waals surface area contributed by atoms with Gasteiger partial charge in [0.05, 0.1) is 21.5 Å². The minimum Gasteiger partial charge on any atom is -0.331 e. The Hall–Kier alpha value is -2.29. The SMILES string of the molecule is O=c1c2ccccc2[nH]c(=S)n1-c1ccc(S(=O)(=O)O)cc1. The van der Waals surface area contributed by atoms with Crippen LogP contribution in [-0.4, -0.2) is 22.5 Å². The third kappa shape index (κ3) is 2.47. The zero-order valence-electron chi connectivity index (χ0n) is 11.1. The molecule has 0 amide bonds. The van der Waals surface area contributed by atoms with E-state index in [0.29, 0.717) is 16.6 Å². The Balaban J connectivity index is 2.27. The van der Waals surface area contributed by atoms with Gasteiger partial charge < -0.3 is 4.98 Å². The maximum Gasteiger partial charge on any atom is 0.294 e. The minimum absolute atomic E-state index is 0.198. The van der Waals surface area contributed by atoms with Crippen molar-refractivity contribution in [3.63, 3.8) is 0 Å². The number of nitrogens with zero attached hydrogens (tertiary/aromatic N) is 1. The van der Waals surface area contributed by atoms with Crippen molar-refractivity contribution < 1.29 is 13.0 Å². The number of para-hydroxylation sites is 1. The Morgan fingerprint density at radius 2 is 1.68 bits per heavy atom. The normalized spacial score (nSPS) is 11.7. The number of aromatic nitrogens is 2. The molecule has 112 valence electrons. The standard InChI is InChI=1S/C14H10N2O4S2/c17-13-11-3-1-2-4-12(11)15-14(21)16(13)9-5-7-10(8-6-9)22(18,19)20/h1-8H,(H,15,21)(H,18,19,20). The highest BCUT2D eigenvalue weighted by Crippen LogP contribution is 2.14. The lowest BCUT2D eigenvalue weighted by molar-refractivity contribution is 0.483. The van der Waals surface area contributed by atoms with Crippen LogP contribution in [0.1, 0.15) is 0 Å². The largest absolute Gasteiger partial charge is 0.331 e. The first-order valence-corrected chi connectivity index (χ1v) is 8.05. The molecule has 0 fully saturated rings. The molecule has 0 unspecified atom stereocenters. The molecule has 0 aliphatic heterocycles. The molecule has 0 spiro atoms. The summed E-state index contributed by atoms with van der Waals surface area (Å²) in [6.45, 7) is 0. The second-order valence-electron chi connectivity index (χ2n) is 4.59. The van der Waals surface area contributed by atoms with Crippen molar-refractivity contribution in [1.29, 1.82) is 0 Å². The number of benzene rings is 2. The van der Waals surface area contributed by atoms with E-state index in [1.165, 1.54) is 28.8 Å². The predicted octanol–water partition coefficient (Wildman–Crippen LogP) is 2.29. The van der Waals surface area contributed by atoms with Crippen molar-refractivity contribution in [1.82, 2.24) is 9.55 Å². The average molecular weight is 334 g/mol. The minimum atomic E-state index is -4.28. The van der Waals surface area contributed by atoms with Gasteiger partial charge in [0.25, 0.3) is 15.7 Å². The summed E-state index contributed by atoms with van der Waals surface area (Å²) < 4.78 is 32.5. The van der Waals surface area contributed by atoms with Gasteiger partial charge in [-0.25, -0.2) is 0 Å². The number of H-pyrrole nitrogens is 1. The molecular weight excluding hydrogens is 324 g/mol. The summed E-state index contributed by atoms with van der Waals surface area (Å²) in [6, 6.07) is 12.2. The number of rotatable bonds is 2. The van der Waals surface area contributed by atoms with Crippen LogP contribution in [0.25, 0.3) is 16.6 Å². The van der Waals surface area contributed by atoms with Crippen LogP contribution in [0, 0.1) is 4.77 Å². The van der Waals surface area contributed by atoms with Crippen LogP contribution in [0.5, 0.6) is 0 Å². The van der Waals surface area contributed by atoms with Crippen molar-refractivity contribution in [2.24, 2.45) is 0 Å². The number of fused-ring (bicyclic) bond motifs is 1. The smallest absolute Gasteiger partial charge is 0.294 e. The number of nitrogens with one attached hydrogen (secondary N) is 1. The van der Waals surface area contributed by atoms with Gasteiger partial charge in [0.15, 0.2) is 4.77 Å². The van der Waals surface area contributed by atoms with Crippen LogP contribution in [0.3, 0.4) is 0 Å². The summed E-state index contributed by atoms with van der Waals surface area (Å²) >= 11 is 5.20. The van der Waals surface area contributed by atoms with Gasteiger partial charge in [0, 0.05) is 0 Å². The van der Waals surface area contributed by atoms with E-state index < -0.39 is 10.1 Å². The summed E-state index contributed by atoms with van der Waals surface area (Å²) in [5, 5.41) is 0.468. The molecule has 22 heavy (non-hydrogen) atoms. The molecule has 0 saturated heterocycles. The van der Waals surface area contributed by atoms with Gasteiger partial charge in [-0.15, -0.1) is 0 Å². The third-order valence-corrected chi connectivity index (χ3v) is 4.35. The Labute approximate surface area is 130 Å². The lowest BCUT2D eigenvalue weighted by Gasteiger charge is -2.08. The lowest BCUT2D eigenvalue weighted by Crippen LogP contribution is -2.20. The first kappa shape index (κ1) is 14.6. The predicted molar refractivity (Wildman–Crippen MR) is 84.5 cm³/mol. The molecule has 0 aliphatic rings. The maximum atomic E-state index is 12.5. The average Bonchev–Trinajstić information content (AvgIpc) is 2.47. The van der Waals surface area contributed by atoms with Crippen LogP contribution >= 0.6 is 12.2 Å². The molecule has 1 aromatic heterocycles. The first-order chi connectivity index (χ1) is 10.4. The Bertz CT molecular complexity index is 1080. The van der Waals surface area contributed by atoms with E-state index in [0.717, 1.165) is 0 Å². The third-order valence-electron chi connectivity index (χ3n) is 3.20. The van der Waals surface area contributed by atoms with Gasteiger partial charge in [0.2, 0.25) is 0 Å². The van der Waals surface area contributed by atoms with E-state index in [1.807, 2.05) is 0 Å². The first-order valence-electron chi connectivity index (χ1n) is 6.20. The topological polar surface area (TPSA) is 92.2 Å². The van der Waals surface area contributed by atoms with Gasteiger partial charge in [-0.3, -0.25) is 13.9 Å². The number of aromatic amines is 1. The van der Waals surface area contributed by atoms with E-state index in [4.69, 9.17) is 16.8 Å². The van der Waals surface area contributed by atoms with E-state index in [2.05, 4.69) is 4.98 Å². The van der Waals surface area contributed by atoms with E-state index in [1.54, 1.807) is 24.3 Å². The summed E-state index contributed by atoms with van der Waals surface area (Å²) in [6.07, 6.45) is 0. The fourth-order valence-electron chi connectivity index (χ4n) is 2.16. The lowest BCUT2D eigenvalue weighted by atomic mass is 10.2. The molecule has 0 saturated carbocycles. The van der Waals surface area contributed by atoms with Gasteiger partial charge in [-0.2, -0.15) is 8.42 Å². The van der Waals surface area contributed by atoms with Crippen molar-refractivity contribution in [3.05, 3.63) is 63.7 Å².